The molecule has 0 spiro atoms. The lowest BCUT2D eigenvalue weighted by molar-refractivity contribution is -0.174. The SMILES string of the molecule is C#C[C@H]1CC2CCC([C@H]1OC(=O)C(C)(C)C)N(C(=O)CC(F)(F)F)C2. The molecular formula is C18H24F3NO3. The van der Waals surface area contributed by atoms with E-state index in [0.717, 1.165) is 6.42 Å². The molecule has 2 aliphatic heterocycles. The van der Waals surface area contributed by atoms with Crippen LogP contribution in [0.2, 0.25) is 0 Å². The molecule has 0 aromatic heterocycles. The van der Waals surface area contributed by atoms with Crippen molar-refractivity contribution in [2.45, 2.75) is 64.8 Å². The maximum absolute atomic E-state index is 12.6. The highest BCUT2D eigenvalue weighted by Gasteiger charge is 2.48. The summed E-state index contributed by atoms with van der Waals surface area (Å²) in [5, 5.41) is 0. The summed E-state index contributed by atoms with van der Waals surface area (Å²) in [5.41, 5.74) is -0.760. The minimum absolute atomic E-state index is 0.0350. The Morgan fingerprint density at radius 3 is 2.40 bits per heavy atom. The van der Waals surface area contributed by atoms with E-state index in [2.05, 4.69) is 5.92 Å². The van der Waals surface area contributed by atoms with Gasteiger partial charge in [-0.1, -0.05) is 5.92 Å². The molecule has 2 saturated heterocycles. The molecule has 3 aliphatic rings. The highest BCUT2D eigenvalue weighted by atomic mass is 19.4. The molecular weight excluding hydrogens is 335 g/mol. The first-order valence-corrected chi connectivity index (χ1v) is 8.46. The van der Waals surface area contributed by atoms with Crippen LogP contribution in [0.1, 0.15) is 46.5 Å². The van der Waals surface area contributed by atoms with E-state index < -0.39 is 48.0 Å². The average Bonchev–Trinajstić information content (AvgIpc) is 2.72. The Balaban J connectivity index is 2.27. The van der Waals surface area contributed by atoms with Crippen LogP contribution >= 0.6 is 0 Å². The molecule has 1 saturated carbocycles. The van der Waals surface area contributed by atoms with E-state index in [-0.39, 0.29) is 12.5 Å². The molecule has 0 aromatic carbocycles. The third-order valence-electron chi connectivity index (χ3n) is 4.83. The summed E-state index contributed by atoms with van der Waals surface area (Å²) in [6, 6.07) is -0.596. The largest absolute Gasteiger partial charge is 0.458 e. The number of halogens is 3. The van der Waals surface area contributed by atoms with Gasteiger partial charge < -0.3 is 9.64 Å². The van der Waals surface area contributed by atoms with E-state index in [4.69, 9.17) is 11.2 Å². The minimum Gasteiger partial charge on any atom is -0.458 e. The normalized spacial score (nSPS) is 29.7. The Morgan fingerprint density at radius 2 is 1.88 bits per heavy atom. The molecule has 1 aliphatic carbocycles. The highest BCUT2D eigenvalue weighted by Crippen LogP contribution is 2.39. The molecule has 140 valence electrons. The Kier molecular flexibility index (Phi) is 5.41. The fourth-order valence-electron chi connectivity index (χ4n) is 3.55. The molecule has 3 rings (SSSR count). The first kappa shape index (κ1) is 19.6. The molecule has 3 fully saturated rings. The Bertz CT molecular complexity index is 574. The van der Waals surface area contributed by atoms with Crippen molar-refractivity contribution in [2.24, 2.45) is 17.3 Å². The lowest BCUT2D eigenvalue weighted by Crippen LogP contribution is -2.53. The van der Waals surface area contributed by atoms with E-state index in [9.17, 15) is 22.8 Å². The van der Waals surface area contributed by atoms with Crippen LogP contribution in [-0.2, 0) is 14.3 Å². The number of rotatable bonds is 2. The van der Waals surface area contributed by atoms with Gasteiger partial charge in [-0.15, -0.1) is 6.42 Å². The number of carbonyl (C=O) groups excluding carboxylic acids is 2. The summed E-state index contributed by atoms with van der Waals surface area (Å²) in [5.74, 6) is 0.819. The number of nitrogens with zero attached hydrogens (tertiary/aromatic N) is 1. The zero-order valence-corrected chi connectivity index (χ0v) is 14.7. The second-order valence-electron chi connectivity index (χ2n) is 7.98. The van der Waals surface area contributed by atoms with Crippen molar-refractivity contribution in [3.8, 4) is 12.3 Å². The maximum Gasteiger partial charge on any atom is 0.397 e. The lowest BCUT2D eigenvalue weighted by atomic mass is 9.92. The van der Waals surface area contributed by atoms with Crippen LogP contribution in [0.15, 0.2) is 0 Å². The molecule has 4 nitrogen and oxygen atoms in total. The average molecular weight is 359 g/mol. The predicted octanol–water partition coefficient (Wildman–Crippen LogP) is 3.16. The number of hydrogen-bond acceptors (Lipinski definition) is 3. The molecule has 4 atom stereocenters. The van der Waals surface area contributed by atoms with Gasteiger partial charge in [0.05, 0.1) is 17.4 Å². The van der Waals surface area contributed by atoms with Crippen LogP contribution in [0.25, 0.3) is 0 Å². The maximum atomic E-state index is 12.6. The lowest BCUT2D eigenvalue weighted by Gasteiger charge is -2.40. The number of esters is 1. The Labute approximate surface area is 146 Å². The van der Waals surface area contributed by atoms with Crippen LogP contribution in [-0.4, -0.2) is 41.6 Å². The second kappa shape index (κ2) is 6.89. The molecule has 25 heavy (non-hydrogen) atoms. The van der Waals surface area contributed by atoms with Gasteiger partial charge in [0.2, 0.25) is 5.91 Å². The predicted molar refractivity (Wildman–Crippen MR) is 85.2 cm³/mol. The fraction of sp³-hybridized carbons (Fsp3) is 0.778. The number of ether oxygens (including phenoxy) is 1. The van der Waals surface area contributed by atoms with Crippen LogP contribution in [0, 0.1) is 29.6 Å². The van der Waals surface area contributed by atoms with Gasteiger partial charge in [0.1, 0.15) is 12.5 Å². The summed E-state index contributed by atoms with van der Waals surface area (Å²) >= 11 is 0. The number of amides is 1. The highest BCUT2D eigenvalue weighted by molar-refractivity contribution is 5.78. The van der Waals surface area contributed by atoms with Crippen LogP contribution in [0.3, 0.4) is 0 Å². The fourth-order valence-corrected chi connectivity index (χ4v) is 3.55. The third kappa shape index (κ3) is 4.68. The number of terminal acetylenes is 1. The van der Waals surface area contributed by atoms with Crippen LogP contribution < -0.4 is 0 Å². The number of hydrogen-bond donors (Lipinski definition) is 0. The first-order valence-electron chi connectivity index (χ1n) is 8.46. The van der Waals surface area contributed by atoms with Crippen molar-refractivity contribution < 1.29 is 27.5 Å². The summed E-state index contributed by atoms with van der Waals surface area (Å²) < 4.78 is 43.6. The van der Waals surface area contributed by atoms with Crippen molar-refractivity contribution in [3.05, 3.63) is 0 Å². The monoisotopic (exact) mass is 359 g/mol. The van der Waals surface area contributed by atoms with Crippen molar-refractivity contribution in [1.29, 1.82) is 0 Å². The number of piperidine rings is 1. The van der Waals surface area contributed by atoms with Gasteiger partial charge in [0.15, 0.2) is 0 Å². The van der Waals surface area contributed by atoms with Crippen molar-refractivity contribution in [2.75, 3.05) is 6.54 Å². The number of fused-ring (bicyclic) bond motifs is 4. The van der Waals surface area contributed by atoms with Gasteiger partial charge in [0.25, 0.3) is 0 Å². The number of alkyl halides is 3. The summed E-state index contributed by atoms with van der Waals surface area (Å²) in [4.78, 5) is 25.7. The zero-order valence-electron chi connectivity index (χ0n) is 14.7. The molecule has 2 bridgehead atoms. The molecule has 0 radical (unpaired) electrons. The van der Waals surface area contributed by atoms with Gasteiger partial charge in [-0.05, 0) is 46.0 Å². The smallest absolute Gasteiger partial charge is 0.397 e. The second-order valence-corrected chi connectivity index (χ2v) is 7.98. The topological polar surface area (TPSA) is 46.6 Å². The van der Waals surface area contributed by atoms with E-state index in [0.29, 0.717) is 12.8 Å². The van der Waals surface area contributed by atoms with Crippen LogP contribution in [0.4, 0.5) is 13.2 Å². The van der Waals surface area contributed by atoms with Crippen molar-refractivity contribution >= 4 is 11.9 Å². The van der Waals surface area contributed by atoms with E-state index in [1.54, 1.807) is 20.8 Å². The summed E-state index contributed by atoms with van der Waals surface area (Å²) in [6.45, 7) is 5.32. The summed E-state index contributed by atoms with van der Waals surface area (Å²) in [6.07, 6.45) is 0.576. The van der Waals surface area contributed by atoms with Gasteiger partial charge in [-0.2, -0.15) is 13.2 Å². The third-order valence-corrected chi connectivity index (χ3v) is 4.83. The van der Waals surface area contributed by atoms with Crippen molar-refractivity contribution in [1.82, 2.24) is 4.90 Å². The van der Waals surface area contributed by atoms with Gasteiger partial charge in [-0.3, -0.25) is 9.59 Å². The van der Waals surface area contributed by atoms with E-state index in [1.807, 2.05) is 0 Å². The quantitative estimate of drug-likeness (QED) is 0.562. The van der Waals surface area contributed by atoms with Crippen LogP contribution in [0.5, 0.6) is 0 Å². The molecule has 7 heteroatoms. The Hall–Kier alpha value is -1.71. The number of carbonyl (C=O) groups is 2. The first-order chi connectivity index (χ1) is 11.4. The van der Waals surface area contributed by atoms with Gasteiger partial charge >= 0.3 is 12.1 Å². The summed E-state index contributed by atoms with van der Waals surface area (Å²) in [7, 11) is 0. The standard InChI is InChI=1S/C18H24F3NO3/c1-5-12-8-11-6-7-13(15(12)25-16(24)17(2,3)4)22(10-11)14(23)9-18(19,20)21/h1,11-13,15H,6-10H2,2-4H3/t11?,12-,13?,15-/m0/s1. The zero-order chi connectivity index (χ0) is 19.0. The minimum atomic E-state index is -4.56. The van der Waals surface area contributed by atoms with Gasteiger partial charge in [-0.25, -0.2) is 0 Å². The van der Waals surface area contributed by atoms with Crippen molar-refractivity contribution in [3.63, 3.8) is 0 Å². The van der Waals surface area contributed by atoms with Gasteiger partial charge in [0, 0.05) is 6.54 Å². The molecule has 0 aromatic rings. The van der Waals surface area contributed by atoms with E-state index in [1.165, 1.54) is 4.90 Å². The molecule has 1 amide bonds. The molecule has 2 heterocycles. The Morgan fingerprint density at radius 1 is 1.24 bits per heavy atom. The van der Waals surface area contributed by atoms with E-state index >= 15 is 0 Å². The molecule has 2 unspecified atom stereocenters. The molecule has 0 N–H and O–H groups in total.